The van der Waals surface area contributed by atoms with Crippen LogP contribution < -0.4 is 14.2 Å². The summed E-state index contributed by atoms with van der Waals surface area (Å²) in [5, 5.41) is 9.01. The van der Waals surface area contributed by atoms with Crippen LogP contribution in [0.2, 0.25) is 5.02 Å². The maximum Gasteiger partial charge on any atom is 0.241 e. The standard InChI is InChI=1S/C18H17ClN2O4S/c1-18(2,13-4-6-16-17(9-13)25-8-7-24-16)21-26(22,23)14-5-3-12(11-20)15(19)10-14/h3-6,9-10,21H,7-8H2,1-2H3. The molecule has 136 valence electrons. The number of rotatable bonds is 4. The monoisotopic (exact) mass is 392 g/mol. The largest absolute Gasteiger partial charge is 0.486 e. The van der Waals surface area contributed by atoms with Crippen molar-refractivity contribution < 1.29 is 17.9 Å². The van der Waals surface area contributed by atoms with Crippen molar-refractivity contribution in [1.82, 2.24) is 4.72 Å². The zero-order chi connectivity index (χ0) is 18.9. The second kappa shape index (κ2) is 6.80. The molecule has 0 saturated carbocycles. The average Bonchev–Trinajstić information content (AvgIpc) is 2.60. The molecule has 0 saturated heterocycles. The van der Waals surface area contributed by atoms with Gasteiger partial charge in [0.2, 0.25) is 10.0 Å². The van der Waals surface area contributed by atoms with Crippen molar-refractivity contribution in [3.63, 3.8) is 0 Å². The predicted molar refractivity (Wildman–Crippen MR) is 96.9 cm³/mol. The first kappa shape index (κ1) is 18.5. The summed E-state index contributed by atoms with van der Waals surface area (Å²) >= 11 is 5.96. The van der Waals surface area contributed by atoms with E-state index in [9.17, 15) is 8.42 Å². The first-order chi connectivity index (χ1) is 12.2. The normalized spacial score (nSPS) is 13.9. The molecule has 1 N–H and O–H groups in total. The van der Waals surface area contributed by atoms with Crippen molar-refractivity contribution in [1.29, 1.82) is 5.26 Å². The van der Waals surface area contributed by atoms with Gasteiger partial charge in [-0.3, -0.25) is 0 Å². The molecule has 8 heteroatoms. The Hall–Kier alpha value is -2.27. The van der Waals surface area contributed by atoms with Crippen molar-refractivity contribution in [2.24, 2.45) is 0 Å². The van der Waals surface area contributed by atoms with Crippen LogP contribution in [-0.2, 0) is 15.6 Å². The second-order valence-corrected chi connectivity index (χ2v) is 8.43. The zero-order valence-corrected chi connectivity index (χ0v) is 15.8. The number of hydrogen-bond donors (Lipinski definition) is 1. The highest BCUT2D eigenvalue weighted by molar-refractivity contribution is 7.89. The first-order valence-corrected chi connectivity index (χ1v) is 9.73. The summed E-state index contributed by atoms with van der Waals surface area (Å²) < 4.78 is 39.2. The van der Waals surface area contributed by atoms with Gasteiger partial charge in [-0.1, -0.05) is 17.7 Å². The van der Waals surface area contributed by atoms with Crippen LogP contribution in [0.1, 0.15) is 25.0 Å². The Morgan fingerprint density at radius 1 is 1.12 bits per heavy atom. The van der Waals surface area contributed by atoms with Crippen LogP contribution in [0.3, 0.4) is 0 Å². The number of fused-ring (bicyclic) bond motifs is 1. The van der Waals surface area contributed by atoms with Crippen LogP contribution in [-0.4, -0.2) is 21.6 Å². The van der Waals surface area contributed by atoms with Crippen LogP contribution >= 0.6 is 11.6 Å². The Kier molecular flexibility index (Phi) is 4.84. The third-order valence-corrected chi connectivity index (χ3v) is 5.99. The third kappa shape index (κ3) is 3.63. The first-order valence-electron chi connectivity index (χ1n) is 7.87. The summed E-state index contributed by atoms with van der Waals surface area (Å²) in [7, 11) is -3.85. The maximum absolute atomic E-state index is 12.8. The maximum atomic E-state index is 12.8. The van der Waals surface area contributed by atoms with Gasteiger partial charge in [0.05, 0.1) is 21.0 Å². The van der Waals surface area contributed by atoms with E-state index in [4.69, 9.17) is 26.3 Å². The Morgan fingerprint density at radius 2 is 1.81 bits per heavy atom. The molecule has 2 aromatic rings. The highest BCUT2D eigenvalue weighted by Crippen LogP contribution is 2.35. The minimum atomic E-state index is -3.85. The quantitative estimate of drug-likeness (QED) is 0.863. The van der Waals surface area contributed by atoms with E-state index in [0.717, 1.165) is 5.56 Å². The number of hydrogen-bond acceptors (Lipinski definition) is 5. The number of nitrogens with zero attached hydrogens (tertiary/aromatic N) is 1. The van der Waals surface area contributed by atoms with Gasteiger partial charge in [-0.25, -0.2) is 13.1 Å². The lowest BCUT2D eigenvalue weighted by Gasteiger charge is -2.28. The molecular weight excluding hydrogens is 376 g/mol. The van der Waals surface area contributed by atoms with Crippen LogP contribution in [0.25, 0.3) is 0 Å². The fourth-order valence-electron chi connectivity index (χ4n) is 2.64. The van der Waals surface area contributed by atoms with Gasteiger partial charge in [-0.15, -0.1) is 0 Å². The zero-order valence-electron chi connectivity index (χ0n) is 14.2. The van der Waals surface area contributed by atoms with Gasteiger partial charge in [-0.2, -0.15) is 5.26 Å². The summed E-state index contributed by atoms with van der Waals surface area (Å²) in [5.41, 5.74) is 0.0384. The van der Waals surface area contributed by atoms with E-state index < -0.39 is 15.6 Å². The highest BCUT2D eigenvalue weighted by atomic mass is 35.5. The molecule has 0 radical (unpaired) electrons. The molecule has 1 aliphatic rings. The molecule has 0 unspecified atom stereocenters. The molecular formula is C18H17ClN2O4S. The van der Waals surface area contributed by atoms with E-state index >= 15 is 0 Å². The molecule has 2 aromatic carbocycles. The van der Waals surface area contributed by atoms with E-state index in [-0.39, 0.29) is 15.5 Å². The van der Waals surface area contributed by atoms with Gasteiger partial charge in [0.15, 0.2) is 11.5 Å². The van der Waals surface area contributed by atoms with Gasteiger partial charge in [0.1, 0.15) is 19.3 Å². The van der Waals surface area contributed by atoms with Crippen molar-refractivity contribution in [2.75, 3.05) is 13.2 Å². The molecule has 0 fully saturated rings. The lowest BCUT2D eigenvalue weighted by molar-refractivity contribution is 0.171. The molecule has 0 aliphatic carbocycles. The number of sulfonamides is 1. The molecule has 0 amide bonds. The number of nitriles is 1. The molecule has 0 spiro atoms. The summed E-state index contributed by atoms with van der Waals surface area (Å²) in [5.74, 6) is 1.22. The number of ether oxygens (including phenoxy) is 2. The van der Waals surface area contributed by atoms with Crippen LogP contribution in [0.5, 0.6) is 11.5 Å². The lowest BCUT2D eigenvalue weighted by Crippen LogP contribution is -2.41. The SMILES string of the molecule is CC(C)(NS(=O)(=O)c1ccc(C#N)c(Cl)c1)c1ccc2c(c1)OCCO2. The smallest absolute Gasteiger partial charge is 0.241 e. The Balaban J connectivity index is 1.91. The average molecular weight is 393 g/mol. The van der Waals surface area contributed by atoms with E-state index in [0.29, 0.717) is 24.7 Å². The summed E-state index contributed by atoms with van der Waals surface area (Å²) in [6.07, 6.45) is 0. The number of nitrogens with one attached hydrogen (secondary N) is 1. The minimum absolute atomic E-state index is 0.00730. The topological polar surface area (TPSA) is 88.4 Å². The summed E-state index contributed by atoms with van der Waals surface area (Å²) in [6, 6.07) is 11.2. The van der Waals surface area contributed by atoms with Gasteiger partial charge >= 0.3 is 0 Å². The van der Waals surface area contributed by atoms with Gasteiger partial charge in [-0.05, 0) is 49.7 Å². The Morgan fingerprint density at radius 3 is 2.46 bits per heavy atom. The molecule has 0 bridgehead atoms. The summed E-state index contributed by atoms with van der Waals surface area (Å²) in [6.45, 7) is 4.44. The molecule has 0 atom stereocenters. The van der Waals surface area contributed by atoms with Crippen LogP contribution in [0.15, 0.2) is 41.3 Å². The van der Waals surface area contributed by atoms with Crippen LogP contribution in [0, 0.1) is 11.3 Å². The van der Waals surface area contributed by atoms with Crippen molar-refractivity contribution >= 4 is 21.6 Å². The molecule has 0 aromatic heterocycles. The van der Waals surface area contributed by atoms with Crippen LogP contribution in [0.4, 0.5) is 0 Å². The van der Waals surface area contributed by atoms with E-state index in [1.54, 1.807) is 32.0 Å². The van der Waals surface area contributed by atoms with Crippen molar-refractivity contribution in [2.45, 2.75) is 24.3 Å². The van der Waals surface area contributed by atoms with Gasteiger partial charge in [0.25, 0.3) is 0 Å². The fraction of sp³-hybridized carbons (Fsp3) is 0.278. The number of benzene rings is 2. The van der Waals surface area contributed by atoms with E-state index in [1.165, 1.54) is 18.2 Å². The van der Waals surface area contributed by atoms with E-state index in [2.05, 4.69) is 4.72 Å². The number of halogens is 1. The van der Waals surface area contributed by atoms with Gasteiger partial charge in [0, 0.05) is 0 Å². The molecule has 6 nitrogen and oxygen atoms in total. The molecule has 26 heavy (non-hydrogen) atoms. The van der Waals surface area contributed by atoms with E-state index in [1.807, 2.05) is 6.07 Å². The van der Waals surface area contributed by atoms with Gasteiger partial charge < -0.3 is 9.47 Å². The van der Waals surface area contributed by atoms with Crippen molar-refractivity contribution in [3.05, 3.63) is 52.5 Å². The summed E-state index contributed by atoms with van der Waals surface area (Å²) in [4.78, 5) is -0.00730. The second-order valence-electron chi connectivity index (χ2n) is 6.34. The highest BCUT2D eigenvalue weighted by Gasteiger charge is 2.29. The predicted octanol–water partition coefficient (Wildman–Crippen LogP) is 3.20. The molecule has 1 heterocycles. The molecule has 1 aliphatic heterocycles. The third-order valence-electron chi connectivity index (χ3n) is 4.02. The van der Waals surface area contributed by atoms with Crippen molar-refractivity contribution in [3.8, 4) is 17.6 Å². The molecule has 3 rings (SSSR count). The minimum Gasteiger partial charge on any atom is -0.486 e. The Bertz CT molecular complexity index is 997. The Labute approximate surface area is 157 Å². The fourth-order valence-corrected chi connectivity index (χ4v) is 4.35. The lowest BCUT2D eigenvalue weighted by atomic mass is 9.95.